The van der Waals surface area contributed by atoms with Crippen LogP contribution in [0.3, 0.4) is 0 Å². The summed E-state index contributed by atoms with van der Waals surface area (Å²) in [5.74, 6) is -7.45. The maximum Gasteiger partial charge on any atom is 0.435 e. The second kappa shape index (κ2) is 10.3. The number of terminal acetylenes is 1. The summed E-state index contributed by atoms with van der Waals surface area (Å²) in [6, 6.07) is -0.350. The molecule has 0 amide bonds. The van der Waals surface area contributed by atoms with Crippen LogP contribution < -0.4 is 0 Å². The normalized spacial score (nSPS) is 28.9. The van der Waals surface area contributed by atoms with Crippen LogP contribution in [0.5, 0.6) is 0 Å². The molecule has 48 heavy (non-hydrogen) atoms. The maximum atomic E-state index is 14.1. The fourth-order valence-corrected chi connectivity index (χ4v) is 8.06. The summed E-state index contributed by atoms with van der Waals surface area (Å²) in [6.45, 7) is 7.84. The molecule has 9 rings (SSSR count). The number of alkyl halides is 9. The molecule has 260 valence electrons. The topological polar surface area (TPSA) is 64.3 Å². The molecule has 0 aliphatic heterocycles. The lowest BCUT2D eigenvalue weighted by atomic mass is 9.95. The largest absolute Gasteiger partial charge is 0.435 e. The second-order valence-corrected chi connectivity index (χ2v) is 14.6. The lowest BCUT2D eigenvalue weighted by Gasteiger charge is -2.17. The summed E-state index contributed by atoms with van der Waals surface area (Å²) in [7, 11) is 0. The molecule has 6 nitrogen and oxygen atoms in total. The Balaban J connectivity index is 0.000000115. The highest BCUT2D eigenvalue weighted by Gasteiger charge is 2.68. The first kappa shape index (κ1) is 33.1. The highest BCUT2D eigenvalue weighted by Crippen LogP contribution is 2.69. The van der Waals surface area contributed by atoms with Gasteiger partial charge in [0, 0.05) is 59.1 Å². The van der Waals surface area contributed by atoms with Crippen LogP contribution in [0.25, 0.3) is 0 Å². The van der Waals surface area contributed by atoms with Gasteiger partial charge in [-0.1, -0.05) is 5.92 Å². The van der Waals surface area contributed by atoms with Gasteiger partial charge < -0.3 is 0 Å². The van der Waals surface area contributed by atoms with E-state index in [2.05, 4.69) is 26.3 Å². The number of hydrogen-bond donors (Lipinski definition) is 1. The van der Waals surface area contributed by atoms with E-state index in [0.29, 0.717) is 54.8 Å². The molecular weight excluding hydrogens is 651 g/mol. The van der Waals surface area contributed by atoms with Crippen molar-refractivity contribution in [2.45, 2.75) is 121 Å². The second-order valence-electron chi connectivity index (χ2n) is 14.6. The average molecular weight is 687 g/mol. The van der Waals surface area contributed by atoms with Crippen LogP contribution in [0.15, 0.2) is 0 Å². The zero-order valence-electron chi connectivity index (χ0n) is 26.9. The Morgan fingerprint density at radius 2 is 1.42 bits per heavy atom. The predicted molar refractivity (Wildman–Crippen MR) is 155 cm³/mol. The van der Waals surface area contributed by atoms with Crippen molar-refractivity contribution in [3.63, 3.8) is 0 Å². The van der Waals surface area contributed by atoms with Crippen LogP contribution >= 0.6 is 0 Å². The predicted octanol–water partition coefficient (Wildman–Crippen LogP) is 8.92. The van der Waals surface area contributed by atoms with Crippen LogP contribution in [0.2, 0.25) is 0 Å². The number of aromatic nitrogens is 6. The van der Waals surface area contributed by atoms with Crippen molar-refractivity contribution in [1.82, 2.24) is 29.8 Å². The third kappa shape index (κ3) is 4.89. The number of rotatable bonds is 3. The van der Waals surface area contributed by atoms with Crippen molar-refractivity contribution >= 4 is 0 Å². The van der Waals surface area contributed by atoms with Gasteiger partial charge in [0.2, 0.25) is 0 Å². The Labute approximate surface area is 270 Å². The minimum atomic E-state index is -4.31. The van der Waals surface area contributed by atoms with Crippen molar-refractivity contribution < 1.29 is 39.5 Å². The van der Waals surface area contributed by atoms with Crippen LogP contribution in [0, 0.1) is 30.1 Å². The van der Waals surface area contributed by atoms with Crippen molar-refractivity contribution in [1.29, 1.82) is 0 Å². The summed E-state index contributed by atoms with van der Waals surface area (Å²) in [5, 5.41) is 13.6. The van der Waals surface area contributed by atoms with Gasteiger partial charge in [0.25, 0.3) is 17.8 Å². The molecule has 3 aromatic rings. The molecule has 0 saturated heterocycles. The van der Waals surface area contributed by atoms with Crippen LogP contribution in [-0.4, -0.2) is 29.8 Å². The van der Waals surface area contributed by atoms with Gasteiger partial charge in [-0.15, -0.1) is 6.42 Å². The van der Waals surface area contributed by atoms with E-state index < -0.39 is 53.1 Å². The Morgan fingerprint density at radius 1 is 0.833 bits per heavy atom. The van der Waals surface area contributed by atoms with Gasteiger partial charge in [-0.3, -0.25) is 14.5 Å². The molecule has 6 unspecified atom stereocenters. The first-order chi connectivity index (χ1) is 22.2. The van der Waals surface area contributed by atoms with Gasteiger partial charge in [0.1, 0.15) is 22.8 Å². The van der Waals surface area contributed by atoms with Gasteiger partial charge in [-0.25, -0.2) is 0 Å². The van der Waals surface area contributed by atoms with Gasteiger partial charge >= 0.3 is 6.18 Å². The number of nitrogens with zero attached hydrogens (tertiary/aromatic N) is 5. The Morgan fingerprint density at radius 3 is 1.98 bits per heavy atom. The summed E-state index contributed by atoms with van der Waals surface area (Å²) >= 11 is 0. The quantitative estimate of drug-likeness (QED) is 0.221. The molecule has 0 bridgehead atoms. The van der Waals surface area contributed by atoms with Gasteiger partial charge in [-0.05, 0) is 77.6 Å². The first-order valence-electron chi connectivity index (χ1n) is 16.2. The zero-order valence-corrected chi connectivity index (χ0v) is 26.9. The third-order valence-corrected chi connectivity index (χ3v) is 10.5. The smallest absolute Gasteiger partial charge is 0.269 e. The molecule has 3 fully saturated rings. The van der Waals surface area contributed by atoms with Crippen LogP contribution in [0.4, 0.5) is 39.5 Å². The zero-order chi connectivity index (χ0) is 35.0. The lowest BCUT2D eigenvalue weighted by molar-refractivity contribution is -0.142. The molecule has 1 N–H and O–H groups in total. The number of nitrogens with one attached hydrogen (secondary N) is 1. The van der Waals surface area contributed by atoms with E-state index in [-0.39, 0.29) is 35.0 Å². The number of hydrogen-bond acceptors (Lipinski definition) is 3. The molecule has 3 aromatic heterocycles. The average Bonchev–Trinajstić information content (AvgIpc) is 3.93. The molecule has 6 aliphatic rings. The number of fused-ring (bicyclic) bond motifs is 9. The van der Waals surface area contributed by atoms with E-state index in [1.807, 2.05) is 13.8 Å². The van der Waals surface area contributed by atoms with Crippen LogP contribution in [-0.2, 0) is 30.4 Å². The minimum Gasteiger partial charge on any atom is -0.269 e. The molecular formula is C33H35F9N6. The fraction of sp³-hybridized carbons (Fsp3) is 0.667. The molecule has 0 spiro atoms. The monoisotopic (exact) mass is 686 g/mol. The Hall–Kier alpha value is -3.44. The molecule has 0 aromatic carbocycles. The number of aromatic amines is 1. The van der Waals surface area contributed by atoms with Gasteiger partial charge in [-0.2, -0.15) is 54.8 Å². The first-order valence-corrected chi connectivity index (χ1v) is 16.2. The Bertz CT molecular complexity index is 1820. The maximum absolute atomic E-state index is 14.1. The van der Waals surface area contributed by atoms with Crippen molar-refractivity contribution in [2.75, 3.05) is 0 Å². The SMILES string of the molecule is C#Cc1[nH]nc2c1C1CC1C2(F)F.CC(C)n1nc(C(C)(F)F)c2c1C(F)(F)C1CC21.CC(C)n1nc(C(F)(F)F)c2c1C1CC1CC2. The minimum absolute atomic E-state index is 0.000741. The van der Waals surface area contributed by atoms with E-state index in [4.69, 9.17) is 6.42 Å². The van der Waals surface area contributed by atoms with Crippen molar-refractivity contribution in [3.8, 4) is 12.3 Å². The van der Waals surface area contributed by atoms with E-state index >= 15 is 0 Å². The van der Waals surface area contributed by atoms with Crippen molar-refractivity contribution in [3.05, 3.63) is 50.9 Å². The lowest BCUT2D eigenvalue weighted by Crippen LogP contribution is -2.21. The molecule has 6 aliphatic carbocycles. The van der Waals surface area contributed by atoms with E-state index in [1.54, 1.807) is 18.5 Å². The molecule has 0 radical (unpaired) electrons. The summed E-state index contributed by atoms with van der Waals surface area (Å²) in [5.41, 5.74) is 0.927. The molecule has 6 atom stereocenters. The van der Waals surface area contributed by atoms with Gasteiger partial charge in [0.05, 0.1) is 0 Å². The van der Waals surface area contributed by atoms with Crippen molar-refractivity contribution in [2.24, 2.45) is 17.8 Å². The van der Waals surface area contributed by atoms with Gasteiger partial charge in [0.15, 0.2) is 5.69 Å². The molecule has 3 saturated carbocycles. The highest BCUT2D eigenvalue weighted by atomic mass is 19.4. The fourth-order valence-electron chi connectivity index (χ4n) is 8.06. The number of H-pyrrole nitrogens is 1. The standard InChI is InChI=1S/C12H14F4N2.C12H15F3N2.C9H6F2N2/c1-5(2)18-10-8(9(17-18)11(3,13)14)6-4-7(6)12(10,15)16;1-6(2)17-10-8(4-3-7-5-9(7)10)11(16-17)12(13,14)15;1-2-6-7-4-3-5(4)9(10,11)8(7)13-12-6/h5-7H,4H2,1-3H3;6-7,9H,3-5H2,1-2H3;1,4-5H,3H2,(H,12,13). The molecule has 15 heteroatoms. The van der Waals surface area contributed by atoms with E-state index in [0.717, 1.165) is 23.2 Å². The summed E-state index contributed by atoms with van der Waals surface area (Å²) in [4.78, 5) is 0. The molecule has 3 heterocycles. The summed E-state index contributed by atoms with van der Waals surface area (Å²) in [6.07, 6.45) is 4.18. The van der Waals surface area contributed by atoms with E-state index in [1.165, 1.54) is 0 Å². The van der Waals surface area contributed by atoms with E-state index in [9.17, 15) is 39.5 Å². The number of halogens is 9. The summed E-state index contributed by atoms with van der Waals surface area (Å²) < 4.78 is 123. The Kier molecular flexibility index (Phi) is 7.09. The highest BCUT2D eigenvalue weighted by molar-refractivity contribution is 5.50. The third-order valence-electron chi connectivity index (χ3n) is 10.5. The van der Waals surface area contributed by atoms with Crippen LogP contribution in [0.1, 0.15) is 141 Å².